The number of nitrogens with two attached hydrogens (primary N) is 2. The molecule has 3 nitrogen and oxygen atoms in total. The van der Waals surface area contributed by atoms with E-state index in [0.29, 0.717) is 5.02 Å². The summed E-state index contributed by atoms with van der Waals surface area (Å²) >= 11 is 5.60. The number of benzene rings is 1. The maximum Gasteiger partial charge on any atom is 0.153 e. The lowest BCUT2D eigenvalue weighted by Crippen LogP contribution is -2.17. The number of nitrogens with zero attached hydrogens (tertiary/aromatic N) is 1. The van der Waals surface area contributed by atoms with E-state index in [1.807, 2.05) is 0 Å². The van der Waals surface area contributed by atoms with Crippen molar-refractivity contribution in [3.8, 4) is 0 Å². The van der Waals surface area contributed by atoms with Crippen LogP contribution >= 0.6 is 11.6 Å². The highest BCUT2D eigenvalue weighted by atomic mass is 35.5. The van der Waals surface area contributed by atoms with E-state index in [4.69, 9.17) is 23.2 Å². The van der Waals surface area contributed by atoms with Crippen LogP contribution in [-0.4, -0.2) is 5.84 Å². The first kappa shape index (κ1) is 8.80. The number of hydrogen-bond donors (Lipinski definition) is 2. The number of rotatable bonds is 1. The first-order chi connectivity index (χ1) is 5.65. The molecule has 5 heteroatoms. The highest BCUT2D eigenvalue weighted by molar-refractivity contribution is 6.31. The highest BCUT2D eigenvalue weighted by Crippen LogP contribution is 2.14. The Morgan fingerprint density at radius 2 is 2.17 bits per heavy atom. The molecule has 64 valence electrons. The van der Waals surface area contributed by atoms with Gasteiger partial charge in [0.15, 0.2) is 5.84 Å². The number of hydrazone groups is 1. The molecule has 0 saturated heterocycles. The van der Waals surface area contributed by atoms with Crippen LogP contribution in [0.3, 0.4) is 0 Å². The van der Waals surface area contributed by atoms with E-state index in [0.717, 1.165) is 0 Å². The van der Waals surface area contributed by atoms with Crippen molar-refractivity contribution >= 4 is 17.4 Å². The van der Waals surface area contributed by atoms with Crippen molar-refractivity contribution in [1.29, 1.82) is 0 Å². The Labute approximate surface area is 73.8 Å². The lowest BCUT2D eigenvalue weighted by atomic mass is 10.2. The summed E-state index contributed by atoms with van der Waals surface area (Å²) in [5.41, 5.74) is 5.41. The molecule has 0 fully saturated rings. The summed E-state index contributed by atoms with van der Waals surface area (Å²) in [7, 11) is 0. The molecule has 0 spiro atoms. The first-order valence-corrected chi connectivity index (χ1v) is 3.51. The molecule has 1 aromatic carbocycles. The van der Waals surface area contributed by atoms with Gasteiger partial charge in [0.25, 0.3) is 0 Å². The summed E-state index contributed by atoms with van der Waals surface area (Å²) in [4.78, 5) is 0. The monoisotopic (exact) mass is 187 g/mol. The van der Waals surface area contributed by atoms with Crippen LogP contribution in [0.1, 0.15) is 5.56 Å². The Kier molecular flexibility index (Phi) is 2.50. The zero-order valence-corrected chi connectivity index (χ0v) is 6.85. The SMILES string of the molecule is N/N=C(\N)c1cc(Cl)ccc1F. The van der Waals surface area contributed by atoms with Gasteiger partial charge in [-0.15, -0.1) is 0 Å². The van der Waals surface area contributed by atoms with Crippen LogP contribution in [0.2, 0.25) is 5.02 Å². The summed E-state index contributed by atoms with van der Waals surface area (Å²) in [5.74, 6) is 4.31. The second-order valence-electron chi connectivity index (χ2n) is 2.14. The summed E-state index contributed by atoms with van der Waals surface area (Å²) in [6, 6.07) is 3.99. The Morgan fingerprint density at radius 1 is 1.50 bits per heavy atom. The minimum atomic E-state index is -0.494. The van der Waals surface area contributed by atoms with Gasteiger partial charge in [-0.05, 0) is 18.2 Å². The third kappa shape index (κ3) is 1.65. The average molecular weight is 188 g/mol. The van der Waals surface area contributed by atoms with Gasteiger partial charge in [0.05, 0.1) is 5.56 Å². The van der Waals surface area contributed by atoms with Crippen molar-refractivity contribution in [2.75, 3.05) is 0 Å². The molecule has 1 aromatic rings. The molecule has 0 saturated carbocycles. The molecule has 0 heterocycles. The van der Waals surface area contributed by atoms with E-state index >= 15 is 0 Å². The number of hydrogen-bond acceptors (Lipinski definition) is 2. The van der Waals surface area contributed by atoms with Gasteiger partial charge in [0.2, 0.25) is 0 Å². The minimum absolute atomic E-state index is 0.0741. The fraction of sp³-hybridized carbons (Fsp3) is 0. The summed E-state index contributed by atoms with van der Waals surface area (Å²) < 4.78 is 12.9. The van der Waals surface area contributed by atoms with Gasteiger partial charge in [0, 0.05) is 5.02 Å². The third-order valence-corrected chi connectivity index (χ3v) is 1.58. The van der Waals surface area contributed by atoms with Gasteiger partial charge in [-0.3, -0.25) is 0 Å². The molecule has 4 N–H and O–H groups in total. The number of halogens is 2. The largest absolute Gasteiger partial charge is 0.382 e. The molecule has 0 aliphatic carbocycles. The maximum absolute atomic E-state index is 12.9. The van der Waals surface area contributed by atoms with Crippen LogP contribution in [0.4, 0.5) is 4.39 Å². The summed E-state index contributed by atoms with van der Waals surface area (Å²) in [5, 5.41) is 3.54. The zero-order chi connectivity index (χ0) is 9.14. The van der Waals surface area contributed by atoms with Gasteiger partial charge >= 0.3 is 0 Å². The van der Waals surface area contributed by atoms with Gasteiger partial charge in [0.1, 0.15) is 5.82 Å². The molecule has 1 rings (SSSR count). The molecule has 0 aliphatic rings. The molecule has 0 unspecified atom stereocenters. The third-order valence-electron chi connectivity index (χ3n) is 1.34. The maximum atomic E-state index is 12.9. The smallest absolute Gasteiger partial charge is 0.153 e. The predicted octanol–water partition coefficient (Wildman–Crippen LogP) is 1.06. The molecule has 0 atom stereocenters. The topological polar surface area (TPSA) is 64.4 Å². The Bertz CT molecular complexity index is 324. The van der Waals surface area contributed by atoms with Crippen molar-refractivity contribution in [2.45, 2.75) is 0 Å². The van der Waals surface area contributed by atoms with Crippen LogP contribution in [0, 0.1) is 5.82 Å². The van der Waals surface area contributed by atoms with Gasteiger partial charge in [-0.1, -0.05) is 11.6 Å². The second kappa shape index (κ2) is 3.40. The van der Waals surface area contributed by atoms with Crippen molar-refractivity contribution in [3.05, 3.63) is 34.6 Å². The van der Waals surface area contributed by atoms with Crippen molar-refractivity contribution in [1.82, 2.24) is 0 Å². The quantitative estimate of drug-likeness (QED) is 0.299. The average Bonchev–Trinajstić information content (AvgIpc) is 2.08. The molecule has 0 radical (unpaired) electrons. The van der Waals surface area contributed by atoms with Gasteiger partial charge < -0.3 is 11.6 Å². The molecule has 0 amide bonds. The lowest BCUT2D eigenvalue weighted by molar-refractivity contribution is 0.625. The first-order valence-electron chi connectivity index (χ1n) is 3.14. The Morgan fingerprint density at radius 3 is 2.75 bits per heavy atom. The zero-order valence-electron chi connectivity index (χ0n) is 6.09. The van der Waals surface area contributed by atoms with Crippen LogP contribution in [0.15, 0.2) is 23.3 Å². The van der Waals surface area contributed by atoms with Crippen LogP contribution in [-0.2, 0) is 0 Å². The van der Waals surface area contributed by atoms with Gasteiger partial charge in [-0.2, -0.15) is 5.10 Å². The molecule has 0 aliphatic heterocycles. The highest BCUT2D eigenvalue weighted by Gasteiger charge is 2.05. The summed E-state index contributed by atoms with van der Waals surface area (Å²) in [6.07, 6.45) is 0. The van der Waals surface area contributed by atoms with E-state index in [1.165, 1.54) is 18.2 Å². The van der Waals surface area contributed by atoms with Crippen molar-refractivity contribution in [2.24, 2.45) is 16.7 Å². The minimum Gasteiger partial charge on any atom is -0.382 e. The summed E-state index contributed by atoms with van der Waals surface area (Å²) in [6.45, 7) is 0. The molecule has 12 heavy (non-hydrogen) atoms. The van der Waals surface area contributed by atoms with Crippen LogP contribution in [0.25, 0.3) is 0 Å². The van der Waals surface area contributed by atoms with Crippen LogP contribution in [0.5, 0.6) is 0 Å². The van der Waals surface area contributed by atoms with Crippen molar-refractivity contribution in [3.63, 3.8) is 0 Å². The predicted molar refractivity (Wildman–Crippen MR) is 46.3 cm³/mol. The van der Waals surface area contributed by atoms with Gasteiger partial charge in [-0.25, -0.2) is 4.39 Å². The molecular formula is C7H7ClFN3. The van der Waals surface area contributed by atoms with E-state index in [9.17, 15) is 4.39 Å². The van der Waals surface area contributed by atoms with E-state index in [2.05, 4.69) is 5.10 Å². The molecule has 0 aromatic heterocycles. The van der Waals surface area contributed by atoms with E-state index in [1.54, 1.807) is 0 Å². The van der Waals surface area contributed by atoms with E-state index in [-0.39, 0.29) is 11.4 Å². The normalized spacial score (nSPS) is 11.7. The van der Waals surface area contributed by atoms with E-state index < -0.39 is 5.82 Å². The molecule has 0 bridgehead atoms. The Hall–Kier alpha value is -1.29. The number of amidine groups is 1. The van der Waals surface area contributed by atoms with Crippen molar-refractivity contribution < 1.29 is 4.39 Å². The lowest BCUT2D eigenvalue weighted by Gasteiger charge is -2.00. The Balaban J connectivity index is 3.23. The van der Waals surface area contributed by atoms with Crippen LogP contribution < -0.4 is 11.6 Å². The second-order valence-corrected chi connectivity index (χ2v) is 2.57. The fourth-order valence-electron chi connectivity index (χ4n) is 0.763. The molecular weight excluding hydrogens is 181 g/mol. The standard InChI is InChI=1S/C7H7ClFN3/c8-4-1-2-6(9)5(3-4)7(10)12-11/h1-3H,11H2,(H2,10,12). The fourth-order valence-corrected chi connectivity index (χ4v) is 0.935.